The topological polar surface area (TPSA) is 102 Å². The zero-order chi connectivity index (χ0) is 23.1. The van der Waals surface area contributed by atoms with Crippen LogP contribution in [0.3, 0.4) is 0 Å². The van der Waals surface area contributed by atoms with Crippen LogP contribution in [0.4, 0.5) is 5.82 Å². The average molecular weight is 465 g/mol. The summed E-state index contributed by atoms with van der Waals surface area (Å²) < 4.78 is 6.98. The second-order valence-corrected chi connectivity index (χ2v) is 10.9. The van der Waals surface area contributed by atoms with E-state index in [9.17, 15) is 14.4 Å². The summed E-state index contributed by atoms with van der Waals surface area (Å²) in [5.41, 5.74) is -0.469. The van der Waals surface area contributed by atoms with Crippen molar-refractivity contribution in [3.63, 3.8) is 0 Å². The highest BCUT2D eigenvalue weighted by molar-refractivity contribution is 6.24. The number of amides is 2. The first-order chi connectivity index (χ1) is 15.1. The Hall–Kier alpha value is -2.09. The fraction of sp³-hybridized carbons (Fsp3) is 0.739. The largest absolute Gasteiger partial charge is 0.451 e. The van der Waals surface area contributed by atoms with Gasteiger partial charge in [-0.2, -0.15) is 5.10 Å². The lowest BCUT2D eigenvalue weighted by molar-refractivity contribution is -0.155. The van der Waals surface area contributed by atoms with Gasteiger partial charge in [0.2, 0.25) is 5.91 Å². The SMILES string of the molecule is CC[C@H](C)n1nccc1NC(=O)[C@H](C)OC(=O)CNC(=O)C12C[C@H]3C[C@@H](CC(Cl)(C3)C1)C2. The van der Waals surface area contributed by atoms with E-state index in [2.05, 4.69) is 15.7 Å². The van der Waals surface area contributed by atoms with E-state index in [1.165, 1.54) is 6.92 Å². The highest BCUT2D eigenvalue weighted by atomic mass is 35.5. The van der Waals surface area contributed by atoms with Gasteiger partial charge in [-0.05, 0) is 70.6 Å². The fourth-order valence-electron chi connectivity index (χ4n) is 6.21. The maximum absolute atomic E-state index is 13.0. The second-order valence-electron chi connectivity index (χ2n) is 10.1. The van der Waals surface area contributed by atoms with Crippen LogP contribution in [0.1, 0.15) is 71.8 Å². The lowest BCUT2D eigenvalue weighted by Gasteiger charge is -2.59. The zero-order valence-corrected chi connectivity index (χ0v) is 19.8. The van der Waals surface area contributed by atoms with Gasteiger partial charge in [0, 0.05) is 10.9 Å². The number of nitrogens with one attached hydrogen (secondary N) is 2. The van der Waals surface area contributed by atoms with Crippen molar-refractivity contribution in [2.24, 2.45) is 17.3 Å². The van der Waals surface area contributed by atoms with Crippen LogP contribution in [0.15, 0.2) is 12.3 Å². The molecule has 9 heteroatoms. The minimum Gasteiger partial charge on any atom is -0.451 e. The van der Waals surface area contributed by atoms with Gasteiger partial charge < -0.3 is 15.4 Å². The third-order valence-electron chi connectivity index (χ3n) is 7.47. The van der Waals surface area contributed by atoms with Crippen molar-refractivity contribution in [3.05, 3.63) is 12.3 Å². The Morgan fingerprint density at radius 1 is 1.25 bits per heavy atom. The predicted molar refractivity (Wildman–Crippen MR) is 120 cm³/mol. The van der Waals surface area contributed by atoms with Gasteiger partial charge in [-0.1, -0.05) is 6.92 Å². The summed E-state index contributed by atoms with van der Waals surface area (Å²) >= 11 is 6.81. The average Bonchev–Trinajstić information content (AvgIpc) is 3.17. The quantitative estimate of drug-likeness (QED) is 0.453. The third-order valence-corrected chi connectivity index (χ3v) is 7.91. The van der Waals surface area contributed by atoms with Crippen molar-refractivity contribution in [3.8, 4) is 0 Å². The molecule has 32 heavy (non-hydrogen) atoms. The molecule has 1 aromatic heterocycles. The van der Waals surface area contributed by atoms with Gasteiger partial charge in [-0.3, -0.25) is 14.4 Å². The lowest BCUT2D eigenvalue weighted by Crippen LogP contribution is -2.58. The minimum absolute atomic E-state index is 0.108. The first-order valence-corrected chi connectivity index (χ1v) is 12.0. The molecule has 4 aliphatic rings. The Morgan fingerprint density at radius 3 is 2.56 bits per heavy atom. The smallest absolute Gasteiger partial charge is 0.326 e. The Bertz CT molecular complexity index is 886. The number of rotatable bonds is 8. The Kier molecular flexibility index (Phi) is 6.27. The number of carbonyl (C=O) groups is 3. The van der Waals surface area contributed by atoms with E-state index in [1.54, 1.807) is 16.9 Å². The monoisotopic (exact) mass is 464 g/mol. The molecule has 0 aliphatic heterocycles. The molecule has 0 saturated heterocycles. The molecule has 2 N–H and O–H groups in total. The van der Waals surface area contributed by atoms with Crippen molar-refractivity contribution in [1.29, 1.82) is 0 Å². The van der Waals surface area contributed by atoms with E-state index in [0.717, 1.165) is 38.5 Å². The molecule has 0 radical (unpaired) electrons. The van der Waals surface area contributed by atoms with Crippen LogP contribution in [0, 0.1) is 17.3 Å². The highest BCUT2D eigenvalue weighted by Gasteiger charge is 2.60. The number of nitrogens with zero attached hydrogens (tertiary/aromatic N) is 2. The van der Waals surface area contributed by atoms with Gasteiger partial charge in [-0.25, -0.2) is 4.68 Å². The number of hydrogen-bond acceptors (Lipinski definition) is 5. The second kappa shape index (κ2) is 8.69. The molecule has 8 nitrogen and oxygen atoms in total. The van der Waals surface area contributed by atoms with Gasteiger partial charge in [0.05, 0.1) is 17.7 Å². The van der Waals surface area contributed by atoms with Crippen molar-refractivity contribution < 1.29 is 19.1 Å². The Labute approximate surface area is 193 Å². The van der Waals surface area contributed by atoms with Crippen molar-refractivity contribution >= 4 is 35.2 Å². The predicted octanol–water partition coefficient (Wildman–Crippen LogP) is 3.42. The summed E-state index contributed by atoms with van der Waals surface area (Å²) in [6, 6.07) is 1.83. The molecular weight excluding hydrogens is 432 g/mol. The number of anilines is 1. The Balaban J connectivity index is 1.27. The van der Waals surface area contributed by atoms with Crippen LogP contribution in [-0.2, 0) is 19.1 Å². The van der Waals surface area contributed by atoms with Crippen molar-refractivity contribution in [2.45, 2.75) is 82.7 Å². The molecule has 0 unspecified atom stereocenters. The van der Waals surface area contributed by atoms with Gasteiger partial charge in [0.1, 0.15) is 12.4 Å². The molecular formula is C23H33ClN4O4. The van der Waals surface area contributed by atoms with Gasteiger partial charge in [0.15, 0.2) is 6.10 Å². The molecule has 4 bridgehead atoms. The molecule has 0 spiro atoms. The molecule has 4 atom stereocenters. The number of ether oxygens (including phenoxy) is 1. The van der Waals surface area contributed by atoms with Crippen molar-refractivity contribution in [1.82, 2.24) is 15.1 Å². The lowest BCUT2D eigenvalue weighted by atomic mass is 9.49. The van der Waals surface area contributed by atoms with Crippen LogP contribution in [0.5, 0.6) is 0 Å². The molecule has 1 heterocycles. The molecule has 4 aliphatic carbocycles. The van der Waals surface area contributed by atoms with E-state index in [4.69, 9.17) is 16.3 Å². The van der Waals surface area contributed by atoms with Crippen LogP contribution < -0.4 is 10.6 Å². The number of halogens is 1. The van der Waals surface area contributed by atoms with E-state index in [1.807, 2.05) is 13.8 Å². The summed E-state index contributed by atoms with van der Waals surface area (Å²) in [5, 5.41) is 9.74. The van der Waals surface area contributed by atoms with Crippen molar-refractivity contribution in [2.75, 3.05) is 11.9 Å². The van der Waals surface area contributed by atoms with E-state index >= 15 is 0 Å². The number of carbonyl (C=O) groups excluding carboxylic acids is 3. The summed E-state index contributed by atoms with van der Waals surface area (Å²) in [6.07, 6.45) is 7.00. The number of esters is 1. The highest BCUT2D eigenvalue weighted by Crippen LogP contribution is 2.63. The van der Waals surface area contributed by atoms with Gasteiger partial charge >= 0.3 is 5.97 Å². The number of alkyl halides is 1. The van der Waals surface area contributed by atoms with Gasteiger partial charge in [-0.15, -0.1) is 11.6 Å². The van der Waals surface area contributed by atoms with Gasteiger partial charge in [0.25, 0.3) is 5.91 Å². The van der Waals surface area contributed by atoms with Crippen LogP contribution in [0.25, 0.3) is 0 Å². The summed E-state index contributed by atoms with van der Waals surface area (Å²) in [5.74, 6) is 0.361. The number of hydrogen-bond donors (Lipinski definition) is 2. The minimum atomic E-state index is -0.995. The fourth-order valence-corrected chi connectivity index (χ4v) is 6.91. The maximum Gasteiger partial charge on any atom is 0.326 e. The molecule has 4 fully saturated rings. The third kappa shape index (κ3) is 4.51. The van der Waals surface area contributed by atoms with E-state index in [0.29, 0.717) is 24.1 Å². The van der Waals surface area contributed by atoms with Crippen LogP contribution in [-0.4, -0.2) is 45.1 Å². The molecule has 1 aromatic rings. The first-order valence-electron chi connectivity index (χ1n) is 11.6. The molecule has 5 rings (SSSR count). The number of aromatic nitrogens is 2. The maximum atomic E-state index is 13.0. The standard InChI is InChI=1S/C23H33ClN4O4/c1-4-14(2)28-18(5-6-26-28)27-20(30)15(3)32-19(29)12-25-21(31)22-8-16-7-17(9-22)11-23(24,10-16)13-22/h5-6,14-17H,4,7-13H2,1-3H3,(H,25,31)(H,27,30)/t14-,15-,16+,17+,22?,23?/m0/s1. The molecule has 2 amide bonds. The molecule has 4 saturated carbocycles. The summed E-state index contributed by atoms with van der Waals surface area (Å²) in [4.78, 5) is 37.6. The van der Waals surface area contributed by atoms with E-state index in [-0.39, 0.29) is 23.4 Å². The zero-order valence-electron chi connectivity index (χ0n) is 19.0. The summed E-state index contributed by atoms with van der Waals surface area (Å²) in [7, 11) is 0. The Morgan fingerprint density at radius 2 is 1.94 bits per heavy atom. The first kappa shape index (κ1) is 23.1. The van der Waals surface area contributed by atoms with E-state index < -0.39 is 23.4 Å². The van der Waals surface area contributed by atoms with Crippen LogP contribution >= 0.6 is 11.6 Å². The summed E-state index contributed by atoms with van der Waals surface area (Å²) in [6.45, 7) is 5.29. The molecule has 0 aromatic carbocycles. The normalized spacial score (nSPS) is 32.2. The molecule has 176 valence electrons. The van der Waals surface area contributed by atoms with Crippen LogP contribution in [0.2, 0.25) is 0 Å².